The van der Waals surface area contributed by atoms with Crippen molar-refractivity contribution in [1.29, 1.82) is 0 Å². The number of benzene rings is 1. The predicted molar refractivity (Wildman–Crippen MR) is 77.1 cm³/mol. The van der Waals surface area contributed by atoms with Gasteiger partial charge in [0.1, 0.15) is 5.75 Å². The largest absolute Gasteiger partial charge is 0.492 e. The summed E-state index contributed by atoms with van der Waals surface area (Å²) >= 11 is 3.31. The monoisotopic (exact) mass is 362 g/mol. The van der Waals surface area contributed by atoms with E-state index in [1.54, 1.807) is 7.11 Å². The quantitative estimate of drug-likeness (QED) is 0.751. The number of carbonyl (C=O) groups excluding carboxylic acids is 1. The second-order valence-electron chi connectivity index (χ2n) is 4.47. The lowest BCUT2D eigenvalue weighted by Crippen LogP contribution is -2.21. The first-order valence-electron chi connectivity index (χ1n) is 6.17. The highest BCUT2D eigenvalue weighted by atomic mass is 79.9. The third kappa shape index (κ3) is 3.21. The minimum Gasteiger partial charge on any atom is -0.492 e. The van der Waals surface area contributed by atoms with Crippen LogP contribution in [0.2, 0.25) is 0 Å². The molecule has 0 aromatic heterocycles. The molecule has 1 heterocycles. The van der Waals surface area contributed by atoms with Crippen molar-refractivity contribution in [3.8, 4) is 5.75 Å². The Kier molecular flexibility index (Phi) is 4.82. The summed E-state index contributed by atoms with van der Waals surface area (Å²) < 4.78 is 35.1. The molecule has 1 aliphatic heterocycles. The van der Waals surface area contributed by atoms with Gasteiger partial charge in [-0.25, -0.2) is 8.42 Å². The molecular weight excluding hydrogens is 348 g/mol. The molecule has 1 aromatic rings. The van der Waals surface area contributed by atoms with Gasteiger partial charge in [-0.05, 0) is 22.0 Å². The Morgan fingerprint density at radius 3 is 2.75 bits per heavy atom. The van der Waals surface area contributed by atoms with E-state index in [0.717, 1.165) is 0 Å². The van der Waals surface area contributed by atoms with Crippen LogP contribution < -0.4 is 4.74 Å². The topological polar surface area (TPSA) is 69.7 Å². The van der Waals surface area contributed by atoms with Crippen LogP contribution in [0, 0.1) is 0 Å². The minimum atomic E-state index is -3.40. The number of fused-ring (bicyclic) bond motifs is 1. The number of ether oxygens (including phenoxy) is 2. The Morgan fingerprint density at radius 2 is 2.05 bits per heavy atom. The Morgan fingerprint density at radius 1 is 1.30 bits per heavy atom. The lowest BCUT2D eigenvalue weighted by atomic mass is 10.1. The molecule has 110 valence electrons. The highest BCUT2D eigenvalue weighted by molar-refractivity contribution is 9.10. The zero-order chi connectivity index (χ0) is 14.8. The highest BCUT2D eigenvalue weighted by Crippen LogP contribution is 2.34. The maximum Gasteiger partial charge on any atom is 0.179 e. The molecule has 5 nitrogen and oxygen atoms in total. The zero-order valence-corrected chi connectivity index (χ0v) is 13.4. The molecule has 0 unspecified atom stereocenters. The molecule has 0 fully saturated rings. The summed E-state index contributed by atoms with van der Waals surface area (Å²) in [5.74, 6) is 0.142. The van der Waals surface area contributed by atoms with Crippen molar-refractivity contribution >= 4 is 31.6 Å². The molecular formula is C13H15BrO5S. The van der Waals surface area contributed by atoms with Crippen LogP contribution in [0.5, 0.6) is 5.75 Å². The summed E-state index contributed by atoms with van der Waals surface area (Å²) in [5, 5.41) is 0. The fraction of sp³-hybridized carbons (Fsp3) is 0.462. The number of halogens is 1. The van der Waals surface area contributed by atoms with Gasteiger partial charge in [-0.1, -0.05) is 0 Å². The van der Waals surface area contributed by atoms with Crippen molar-refractivity contribution < 1.29 is 22.7 Å². The molecule has 0 bridgehead atoms. The summed E-state index contributed by atoms with van der Waals surface area (Å²) in [6, 6.07) is 2.96. The molecule has 7 heteroatoms. The van der Waals surface area contributed by atoms with Crippen LogP contribution >= 0.6 is 15.9 Å². The summed E-state index contributed by atoms with van der Waals surface area (Å²) in [6.45, 7) is 0.985. The third-order valence-electron chi connectivity index (χ3n) is 3.02. The number of sulfone groups is 1. The summed E-state index contributed by atoms with van der Waals surface area (Å²) in [4.78, 5) is 11.9. The molecule has 2 rings (SSSR count). The Bertz CT molecular complexity index is 624. The van der Waals surface area contributed by atoms with Gasteiger partial charge in [-0.15, -0.1) is 0 Å². The van der Waals surface area contributed by atoms with Gasteiger partial charge in [0.2, 0.25) is 0 Å². The van der Waals surface area contributed by atoms with E-state index in [1.807, 2.05) is 0 Å². The first-order chi connectivity index (χ1) is 9.45. The number of methoxy groups -OCH3 is 1. The number of Topliss-reactive ketones (excluding diaryl/α,β-unsaturated/α-hetero) is 1. The minimum absolute atomic E-state index is 0.0375. The van der Waals surface area contributed by atoms with Gasteiger partial charge in [-0.2, -0.15) is 0 Å². The number of hydrogen-bond donors (Lipinski definition) is 0. The maximum atomic E-state index is 12.0. The molecule has 1 aromatic carbocycles. The van der Waals surface area contributed by atoms with Crippen LogP contribution in [-0.4, -0.2) is 40.3 Å². The van der Waals surface area contributed by atoms with Gasteiger partial charge in [0, 0.05) is 38.2 Å². The smallest absolute Gasteiger partial charge is 0.179 e. The molecule has 0 saturated heterocycles. The summed E-state index contributed by atoms with van der Waals surface area (Å²) in [6.07, 6.45) is 0.738. The first kappa shape index (κ1) is 15.5. The van der Waals surface area contributed by atoms with Crippen molar-refractivity contribution in [1.82, 2.24) is 0 Å². The lowest BCUT2D eigenvalue weighted by molar-refractivity contribution is 0.0983. The maximum absolute atomic E-state index is 12.0. The van der Waals surface area contributed by atoms with Crippen LogP contribution in [0.4, 0.5) is 0 Å². The van der Waals surface area contributed by atoms with Crippen molar-refractivity contribution in [2.24, 2.45) is 0 Å². The molecule has 0 saturated carbocycles. The van der Waals surface area contributed by atoms with Crippen LogP contribution in [0.25, 0.3) is 0 Å². The van der Waals surface area contributed by atoms with Crippen molar-refractivity contribution in [3.05, 3.63) is 22.2 Å². The highest BCUT2D eigenvalue weighted by Gasteiger charge is 2.30. The molecule has 0 N–H and O–H groups in total. The predicted octanol–water partition coefficient (Wildman–Crippen LogP) is 2.22. The average molecular weight is 363 g/mol. The van der Waals surface area contributed by atoms with E-state index < -0.39 is 9.84 Å². The molecule has 20 heavy (non-hydrogen) atoms. The normalized spacial score (nSPS) is 16.8. The van der Waals surface area contributed by atoms with Crippen LogP contribution in [0.15, 0.2) is 21.5 Å². The van der Waals surface area contributed by atoms with E-state index in [1.165, 1.54) is 12.1 Å². The van der Waals surface area contributed by atoms with Gasteiger partial charge in [0.25, 0.3) is 0 Å². The summed E-state index contributed by atoms with van der Waals surface area (Å²) in [7, 11) is -1.79. The molecule has 0 atom stereocenters. The second kappa shape index (κ2) is 6.24. The molecule has 0 aliphatic carbocycles. The first-order valence-corrected chi connectivity index (χ1v) is 8.61. The summed E-state index contributed by atoms with van der Waals surface area (Å²) in [5.41, 5.74) is 0.243. The number of hydrogen-bond acceptors (Lipinski definition) is 5. The third-order valence-corrected chi connectivity index (χ3v) is 5.39. The van der Waals surface area contributed by atoms with Gasteiger partial charge in [0.05, 0.1) is 21.7 Å². The molecule has 0 amide bonds. The Hall–Kier alpha value is -0.920. The van der Waals surface area contributed by atoms with Crippen molar-refractivity contribution in [3.63, 3.8) is 0 Å². The van der Waals surface area contributed by atoms with Crippen molar-refractivity contribution in [2.75, 3.05) is 26.1 Å². The number of rotatable bonds is 5. The van der Waals surface area contributed by atoms with E-state index in [-0.39, 0.29) is 28.4 Å². The van der Waals surface area contributed by atoms with Crippen LogP contribution in [0.3, 0.4) is 0 Å². The van der Waals surface area contributed by atoms with Gasteiger partial charge >= 0.3 is 0 Å². The molecule has 1 aliphatic rings. The Balaban J connectivity index is 2.30. The van der Waals surface area contributed by atoms with Gasteiger partial charge in [-0.3, -0.25) is 4.79 Å². The lowest BCUT2D eigenvalue weighted by Gasteiger charge is -2.17. The average Bonchev–Trinajstić information content (AvgIpc) is 2.40. The van der Waals surface area contributed by atoms with Gasteiger partial charge in [0.15, 0.2) is 15.6 Å². The number of ketones is 1. The molecule has 0 spiro atoms. The van der Waals surface area contributed by atoms with E-state index in [9.17, 15) is 13.2 Å². The fourth-order valence-corrected chi connectivity index (χ4v) is 3.90. The van der Waals surface area contributed by atoms with Crippen LogP contribution in [-0.2, 0) is 14.6 Å². The van der Waals surface area contributed by atoms with E-state index >= 15 is 0 Å². The van der Waals surface area contributed by atoms with Crippen LogP contribution in [0.1, 0.15) is 23.2 Å². The van der Waals surface area contributed by atoms with E-state index in [0.29, 0.717) is 29.9 Å². The second-order valence-corrected chi connectivity index (χ2v) is 7.40. The molecule has 0 radical (unpaired) electrons. The zero-order valence-electron chi connectivity index (χ0n) is 11.0. The van der Waals surface area contributed by atoms with E-state index in [4.69, 9.17) is 9.47 Å². The van der Waals surface area contributed by atoms with Gasteiger partial charge < -0.3 is 9.47 Å². The van der Waals surface area contributed by atoms with Crippen molar-refractivity contribution in [2.45, 2.75) is 17.7 Å². The fourth-order valence-electron chi connectivity index (χ4n) is 1.98. The van der Waals surface area contributed by atoms with E-state index in [2.05, 4.69) is 15.9 Å². The Labute approximate surface area is 126 Å². The SMILES string of the molecule is COCCCOc1cc2c(cc1Br)C(=O)CCS2(=O)=O. The standard InChI is InChI=1S/C13H15BrO5S/c1-18-4-2-5-19-12-8-13-9(7-10(12)14)11(15)3-6-20(13,16)17/h7-8H,2-6H2,1H3. The number of carbonyl (C=O) groups is 1.